The molecular weight excluding hydrogens is 326 g/mol. The lowest BCUT2D eigenvalue weighted by Crippen LogP contribution is -2.12. The van der Waals surface area contributed by atoms with Gasteiger partial charge in [0.1, 0.15) is 0 Å². The summed E-state index contributed by atoms with van der Waals surface area (Å²) in [5.74, 6) is 0.658. The zero-order valence-corrected chi connectivity index (χ0v) is 15.2. The van der Waals surface area contributed by atoms with E-state index in [-0.39, 0.29) is 5.91 Å². The van der Waals surface area contributed by atoms with Gasteiger partial charge in [0.05, 0.1) is 18.7 Å². The minimum absolute atomic E-state index is 0.250. The lowest BCUT2D eigenvalue weighted by atomic mass is 10.1. The number of ether oxygens (including phenoxy) is 2. The normalized spacial score (nSPS) is 10.4. The molecule has 0 aliphatic rings. The number of halogens is 1. The fraction of sp³-hybridized carbons (Fsp3) is 0.316. The maximum Gasteiger partial charge on any atom is 0.255 e. The Kier molecular flexibility index (Phi) is 6.10. The van der Waals surface area contributed by atoms with Crippen molar-refractivity contribution in [1.29, 1.82) is 0 Å². The van der Waals surface area contributed by atoms with Gasteiger partial charge in [-0.05, 0) is 55.7 Å². The van der Waals surface area contributed by atoms with Gasteiger partial charge in [0.25, 0.3) is 5.91 Å². The first-order valence-corrected chi connectivity index (χ1v) is 8.23. The van der Waals surface area contributed by atoms with Gasteiger partial charge in [0, 0.05) is 11.3 Å². The zero-order valence-electron chi connectivity index (χ0n) is 14.4. The molecule has 24 heavy (non-hydrogen) atoms. The Labute approximate surface area is 147 Å². The molecule has 4 nitrogen and oxygen atoms in total. The topological polar surface area (TPSA) is 47.6 Å². The van der Waals surface area contributed by atoms with Gasteiger partial charge >= 0.3 is 0 Å². The van der Waals surface area contributed by atoms with Crippen LogP contribution in [-0.4, -0.2) is 19.6 Å². The van der Waals surface area contributed by atoms with E-state index >= 15 is 0 Å². The quantitative estimate of drug-likeness (QED) is 0.799. The van der Waals surface area contributed by atoms with Gasteiger partial charge in [-0.1, -0.05) is 24.6 Å². The average molecular weight is 348 g/mol. The molecule has 0 saturated heterocycles. The Bertz CT molecular complexity index is 744. The summed E-state index contributed by atoms with van der Waals surface area (Å²) in [7, 11) is 1.52. The standard InChI is InChI=1S/C19H22ClNO3/c1-5-8-24-18-16(20)10-14(11-17(18)23-4)19(22)21-15-7-6-12(2)13(3)9-15/h6-7,9-11H,5,8H2,1-4H3,(H,21,22). The summed E-state index contributed by atoms with van der Waals surface area (Å²) in [4.78, 5) is 12.5. The van der Waals surface area contributed by atoms with Gasteiger partial charge in [0.15, 0.2) is 11.5 Å². The number of nitrogens with one attached hydrogen (secondary N) is 1. The summed E-state index contributed by atoms with van der Waals surface area (Å²) >= 11 is 6.26. The molecule has 1 amide bonds. The molecule has 0 aromatic heterocycles. The van der Waals surface area contributed by atoms with Gasteiger partial charge in [-0.15, -0.1) is 0 Å². The van der Waals surface area contributed by atoms with Gasteiger partial charge in [-0.2, -0.15) is 0 Å². The molecule has 0 radical (unpaired) electrons. The van der Waals surface area contributed by atoms with E-state index in [1.165, 1.54) is 12.7 Å². The Morgan fingerprint density at radius 3 is 2.54 bits per heavy atom. The lowest BCUT2D eigenvalue weighted by Gasteiger charge is -2.14. The molecule has 2 aromatic carbocycles. The molecule has 0 unspecified atom stereocenters. The van der Waals surface area contributed by atoms with Crippen molar-refractivity contribution in [1.82, 2.24) is 0 Å². The highest BCUT2D eigenvalue weighted by atomic mass is 35.5. The number of rotatable bonds is 6. The number of carbonyl (C=O) groups is 1. The van der Waals surface area contributed by atoms with Crippen molar-refractivity contribution in [3.63, 3.8) is 0 Å². The number of hydrogen-bond acceptors (Lipinski definition) is 3. The number of methoxy groups -OCH3 is 1. The highest BCUT2D eigenvalue weighted by Gasteiger charge is 2.16. The number of carbonyl (C=O) groups excluding carboxylic acids is 1. The van der Waals surface area contributed by atoms with E-state index in [9.17, 15) is 4.79 Å². The SMILES string of the molecule is CCCOc1c(Cl)cc(C(=O)Nc2ccc(C)c(C)c2)cc1OC. The lowest BCUT2D eigenvalue weighted by molar-refractivity contribution is 0.102. The monoisotopic (exact) mass is 347 g/mol. The maximum absolute atomic E-state index is 12.5. The predicted molar refractivity (Wildman–Crippen MR) is 97.7 cm³/mol. The van der Waals surface area contributed by atoms with Crippen LogP contribution < -0.4 is 14.8 Å². The first kappa shape index (κ1) is 18.1. The van der Waals surface area contributed by atoms with Crippen LogP contribution in [0.15, 0.2) is 30.3 Å². The van der Waals surface area contributed by atoms with Gasteiger partial charge in [0.2, 0.25) is 0 Å². The maximum atomic E-state index is 12.5. The van der Waals surface area contributed by atoms with Gasteiger partial charge in [-0.3, -0.25) is 4.79 Å². The van der Waals surface area contributed by atoms with Crippen molar-refractivity contribution in [3.05, 3.63) is 52.0 Å². The van der Waals surface area contributed by atoms with Crippen LogP contribution >= 0.6 is 11.6 Å². The highest BCUT2D eigenvalue weighted by molar-refractivity contribution is 6.32. The Morgan fingerprint density at radius 2 is 1.92 bits per heavy atom. The van der Waals surface area contributed by atoms with Crippen LogP contribution in [0.2, 0.25) is 5.02 Å². The van der Waals surface area contributed by atoms with E-state index in [1.807, 2.05) is 39.0 Å². The Morgan fingerprint density at radius 1 is 1.17 bits per heavy atom. The number of aryl methyl sites for hydroxylation is 2. The van der Waals surface area contributed by atoms with E-state index in [0.29, 0.717) is 28.7 Å². The van der Waals surface area contributed by atoms with E-state index in [4.69, 9.17) is 21.1 Å². The molecule has 2 rings (SSSR count). The third-order valence-corrected chi connectivity index (χ3v) is 3.99. The highest BCUT2D eigenvalue weighted by Crippen LogP contribution is 2.36. The number of anilines is 1. The molecule has 0 bridgehead atoms. The fourth-order valence-electron chi connectivity index (χ4n) is 2.22. The van der Waals surface area contributed by atoms with E-state index < -0.39 is 0 Å². The molecule has 0 atom stereocenters. The zero-order chi connectivity index (χ0) is 17.7. The second-order valence-electron chi connectivity index (χ2n) is 5.59. The molecule has 0 heterocycles. The first-order chi connectivity index (χ1) is 11.5. The summed E-state index contributed by atoms with van der Waals surface area (Å²) in [5, 5.41) is 3.23. The Balaban J connectivity index is 2.25. The second-order valence-corrected chi connectivity index (χ2v) is 6.00. The molecule has 0 saturated carbocycles. The van der Waals surface area contributed by atoms with E-state index in [0.717, 1.165) is 17.7 Å². The second kappa shape index (κ2) is 8.06. The predicted octanol–water partition coefficient (Wildman–Crippen LogP) is 5.01. The van der Waals surface area contributed by atoms with Crippen LogP contribution in [0.25, 0.3) is 0 Å². The largest absolute Gasteiger partial charge is 0.493 e. The van der Waals surface area contributed by atoms with Crippen LogP contribution in [0, 0.1) is 13.8 Å². The smallest absolute Gasteiger partial charge is 0.255 e. The molecule has 0 spiro atoms. The average Bonchev–Trinajstić information content (AvgIpc) is 2.56. The van der Waals surface area contributed by atoms with Crippen LogP contribution in [0.3, 0.4) is 0 Å². The molecule has 0 fully saturated rings. The summed E-state index contributed by atoms with van der Waals surface area (Å²) in [6.45, 7) is 6.57. The molecule has 0 aliphatic carbocycles. The van der Waals surface area contributed by atoms with Crippen molar-refractivity contribution < 1.29 is 14.3 Å². The molecule has 1 N–H and O–H groups in total. The molecular formula is C19H22ClNO3. The minimum Gasteiger partial charge on any atom is -0.493 e. The van der Waals surface area contributed by atoms with Crippen molar-refractivity contribution in [2.24, 2.45) is 0 Å². The van der Waals surface area contributed by atoms with E-state index in [1.54, 1.807) is 12.1 Å². The van der Waals surface area contributed by atoms with Crippen LogP contribution in [0.1, 0.15) is 34.8 Å². The summed E-state index contributed by atoms with van der Waals surface area (Å²) in [6.07, 6.45) is 0.856. The molecule has 128 valence electrons. The third-order valence-electron chi connectivity index (χ3n) is 3.71. The van der Waals surface area contributed by atoms with Crippen LogP contribution in [-0.2, 0) is 0 Å². The fourth-order valence-corrected chi connectivity index (χ4v) is 2.48. The number of benzene rings is 2. The van der Waals surface area contributed by atoms with Crippen LogP contribution in [0.4, 0.5) is 5.69 Å². The summed E-state index contributed by atoms with van der Waals surface area (Å²) in [5.41, 5.74) is 3.45. The van der Waals surface area contributed by atoms with Crippen molar-refractivity contribution >= 4 is 23.2 Å². The molecule has 2 aromatic rings. The van der Waals surface area contributed by atoms with Crippen LogP contribution in [0.5, 0.6) is 11.5 Å². The minimum atomic E-state index is -0.250. The molecule has 0 aliphatic heterocycles. The molecule has 5 heteroatoms. The van der Waals surface area contributed by atoms with Crippen molar-refractivity contribution in [2.45, 2.75) is 27.2 Å². The Hall–Kier alpha value is -2.20. The van der Waals surface area contributed by atoms with E-state index in [2.05, 4.69) is 5.32 Å². The summed E-state index contributed by atoms with van der Waals surface area (Å²) in [6, 6.07) is 9.00. The number of hydrogen-bond donors (Lipinski definition) is 1. The van der Waals surface area contributed by atoms with Crippen molar-refractivity contribution in [3.8, 4) is 11.5 Å². The first-order valence-electron chi connectivity index (χ1n) is 7.85. The summed E-state index contributed by atoms with van der Waals surface area (Å²) < 4.78 is 10.9. The number of amides is 1. The third kappa shape index (κ3) is 4.20. The van der Waals surface area contributed by atoms with Gasteiger partial charge < -0.3 is 14.8 Å². The van der Waals surface area contributed by atoms with Crippen molar-refractivity contribution in [2.75, 3.05) is 19.0 Å². The van der Waals surface area contributed by atoms with Gasteiger partial charge in [-0.25, -0.2) is 0 Å².